The van der Waals surface area contributed by atoms with Gasteiger partial charge in [-0.1, -0.05) is 127 Å². The summed E-state index contributed by atoms with van der Waals surface area (Å²) in [5.74, 6) is -0.323. The molecule has 0 spiro atoms. The Labute approximate surface area is 305 Å². The van der Waals surface area contributed by atoms with Crippen LogP contribution in [0.25, 0.3) is 11.0 Å². The van der Waals surface area contributed by atoms with E-state index in [2.05, 4.69) is 46.2 Å². The average Bonchev–Trinajstić information content (AvgIpc) is 3.17. The number of anilines is 1. The van der Waals surface area contributed by atoms with Crippen molar-refractivity contribution >= 4 is 22.6 Å². The van der Waals surface area contributed by atoms with Gasteiger partial charge in [0.1, 0.15) is 5.69 Å². The van der Waals surface area contributed by atoms with Crippen LogP contribution in [0.3, 0.4) is 0 Å². The summed E-state index contributed by atoms with van der Waals surface area (Å²) in [6.07, 6.45) is 16.9. The molecule has 0 aliphatic carbocycles. The fraction of sp³-hybridized carbons (Fsp3) is 0.512. The third kappa shape index (κ3) is 12.2. The summed E-state index contributed by atoms with van der Waals surface area (Å²) in [4.78, 5) is 24.8. The standard InChI is InChI=1S/C43H58N4O4/c1-3-5-7-9-11-15-26-47(27-16-12-10-8-6-4-2)31-37-29-41(34-24-22-33(32-48)23-25-34)51-43(50-37)35-18-17-19-36(28-35)45-42(49)40-30-44-38-20-13-14-21-39(38)46-40/h13-14,17-25,28,30,37,41,43,48H,3-12,15-16,26-27,29,31-32H2,1-2H3,(H,45,49)/t37-,41+,43+/m1/s1. The van der Waals surface area contributed by atoms with Gasteiger partial charge in [-0.2, -0.15) is 0 Å². The number of aromatic nitrogens is 2. The van der Waals surface area contributed by atoms with Gasteiger partial charge in [0.05, 0.1) is 36.0 Å². The van der Waals surface area contributed by atoms with Gasteiger partial charge in [-0.25, -0.2) is 4.98 Å². The number of aliphatic hydroxyl groups excluding tert-OH is 1. The van der Waals surface area contributed by atoms with E-state index in [1.54, 1.807) is 0 Å². The number of hydrogen-bond acceptors (Lipinski definition) is 7. The molecule has 0 bridgehead atoms. The van der Waals surface area contributed by atoms with Gasteiger partial charge in [-0.05, 0) is 61.3 Å². The molecule has 0 saturated carbocycles. The Kier molecular flexibility index (Phi) is 15.9. The molecule has 2 N–H and O–H groups in total. The van der Waals surface area contributed by atoms with Gasteiger partial charge >= 0.3 is 0 Å². The van der Waals surface area contributed by atoms with E-state index in [9.17, 15) is 9.90 Å². The van der Waals surface area contributed by atoms with Gasteiger partial charge < -0.3 is 24.8 Å². The molecule has 1 aliphatic rings. The van der Waals surface area contributed by atoms with E-state index in [1.165, 1.54) is 83.2 Å². The molecule has 1 saturated heterocycles. The van der Waals surface area contributed by atoms with Crippen molar-refractivity contribution in [3.8, 4) is 0 Å². The molecule has 274 valence electrons. The van der Waals surface area contributed by atoms with Crippen LogP contribution in [0.4, 0.5) is 5.69 Å². The fourth-order valence-electron chi connectivity index (χ4n) is 6.87. The molecule has 2 heterocycles. The Balaban J connectivity index is 1.30. The highest BCUT2D eigenvalue weighted by Crippen LogP contribution is 2.39. The van der Waals surface area contributed by atoms with Crippen LogP contribution in [0.1, 0.15) is 137 Å². The lowest BCUT2D eigenvalue weighted by molar-refractivity contribution is -0.253. The monoisotopic (exact) mass is 694 g/mol. The van der Waals surface area contributed by atoms with Crippen molar-refractivity contribution in [3.05, 3.63) is 101 Å². The van der Waals surface area contributed by atoms with E-state index in [0.717, 1.165) is 48.3 Å². The molecular formula is C43H58N4O4. The second-order valence-electron chi connectivity index (χ2n) is 14.0. The van der Waals surface area contributed by atoms with Crippen molar-refractivity contribution in [2.24, 2.45) is 0 Å². The van der Waals surface area contributed by atoms with E-state index in [-0.39, 0.29) is 30.4 Å². The van der Waals surface area contributed by atoms with E-state index in [1.807, 2.05) is 60.7 Å². The lowest BCUT2D eigenvalue weighted by Gasteiger charge is -2.38. The molecule has 0 radical (unpaired) electrons. The molecule has 0 unspecified atom stereocenters. The minimum absolute atomic E-state index is 0.00924. The lowest BCUT2D eigenvalue weighted by Crippen LogP contribution is -2.40. The summed E-state index contributed by atoms with van der Waals surface area (Å²) in [6, 6.07) is 23.3. The molecule has 8 nitrogen and oxygen atoms in total. The number of hydrogen-bond donors (Lipinski definition) is 2. The minimum Gasteiger partial charge on any atom is -0.392 e. The number of nitrogens with one attached hydrogen (secondary N) is 1. The number of para-hydroxylation sites is 2. The van der Waals surface area contributed by atoms with Crippen LogP contribution in [0.5, 0.6) is 0 Å². The van der Waals surface area contributed by atoms with Crippen LogP contribution in [-0.4, -0.2) is 51.6 Å². The first-order valence-corrected chi connectivity index (χ1v) is 19.4. The summed E-state index contributed by atoms with van der Waals surface area (Å²) in [6.45, 7) is 7.57. The Bertz CT molecular complexity index is 1600. The summed E-state index contributed by atoms with van der Waals surface area (Å²) in [5, 5.41) is 12.6. The average molecular weight is 695 g/mol. The minimum atomic E-state index is -0.603. The quantitative estimate of drug-likeness (QED) is 0.0838. The third-order valence-electron chi connectivity index (χ3n) is 9.83. The Morgan fingerprint density at radius 3 is 2.14 bits per heavy atom. The van der Waals surface area contributed by atoms with Crippen LogP contribution < -0.4 is 5.32 Å². The topological polar surface area (TPSA) is 96.8 Å². The van der Waals surface area contributed by atoms with Crippen LogP contribution in [0.2, 0.25) is 0 Å². The van der Waals surface area contributed by atoms with Crippen molar-refractivity contribution in [2.45, 2.75) is 122 Å². The summed E-state index contributed by atoms with van der Waals surface area (Å²) in [7, 11) is 0. The maximum Gasteiger partial charge on any atom is 0.275 e. The highest BCUT2D eigenvalue weighted by atomic mass is 16.7. The second kappa shape index (κ2) is 21.0. The van der Waals surface area contributed by atoms with Crippen LogP contribution in [-0.2, 0) is 16.1 Å². The molecule has 1 fully saturated rings. The molecule has 4 aromatic rings. The van der Waals surface area contributed by atoms with Crippen molar-refractivity contribution in [1.82, 2.24) is 14.9 Å². The van der Waals surface area contributed by atoms with Gasteiger partial charge in [-0.3, -0.25) is 9.78 Å². The summed E-state index contributed by atoms with van der Waals surface area (Å²) >= 11 is 0. The molecule has 51 heavy (non-hydrogen) atoms. The van der Waals surface area contributed by atoms with Crippen LogP contribution >= 0.6 is 0 Å². The zero-order valence-corrected chi connectivity index (χ0v) is 30.8. The van der Waals surface area contributed by atoms with E-state index in [0.29, 0.717) is 11.2 Å². The highest BCUT2D eigenvalue weighted by Gasteiger charge is 2.33. The van der Waals surface area contributed by atoms with E-state index >= 15 is 0 Å². The number of nitrogens with zero attached hydrogens (tertiary/aromatic N) is 3. The number of carbonyl (C=O) groups excluding carboxylic acids is 1. The van der Waals surface area contributed by atoms with Crippen LogP contribution in [0.15, 0.2) is 79.0 Å². The first-order chi connectivity index (χ1) is 25.1. The number of unbranched alkanes of at least 4 members (excludes halogenated alkanes) is 10. The van der Waals surface area contributed by atoms with Gasteiger partial charge in [-0.15, -0.1) is 0 Å². The third-order valence-corrected chi connectivity index (χ3v) is 9.83. The molecule has 3 atom stereocenters. The summed E-state index contributed by atoms with van der Waals surface area (Å²) in [5.41, 5.74) is 5.11. The maximum absolute atomic E-state index is 13.2. The van der Waals surface area contributed by atoms with E-state index in [4.69, 9.17) is 9.47 Å². The Morgan fingerprint density at radius 2 is 1.45 bits per heavy atom. The predicted molar refractivity (Wildman–Crippen MR) is 206 cm³/mol. The molecule has 8 heteroatoms. The van der Waals surface area contributed by atoms with Crippen molar-refractivity contribution in [1.29, 1.82) is 0 Å². The van der Waals surface area contributed by atoms with Crippen LogP contribution in [0, 0.1) is 0 Å². The number of carbonyl (C=O) groups is 1. The SMILES string of the molecule is CCCCCCCCN(CCCCCCCC)C[C@H]1C[C@@H](c2ccc(CO)cc2)O[C@@H](c2cccc(NC(=O)c3cnc4ccccc4n3)c2)O1. The summed E-state index contributed by atoms with van der Waals surface area (Å²) < 4.78 is 13.4. The number of amides is 1. The number of aliphatic hydroxyl groups is 1. The van der Waals surface area contributed by atoms with Crippen molar-refractivity contribution < 1.29 is 19.4 Å². The lowest BCUT2D eigenvalue weighted by atomic mass is 9.99. The number of rotatable bonds is 21. The molecular weight excluding hydrogens is 636 g/mol. The second-order valence-corrected chi connectivity index (χ2v) is 14.0. The number of fused-ring (bicyclic) bond motifs is 1. The number of benzene rings is 3. The fourth-order valence-corrected chi connectivity index (χ4v) is 6.87. The smallest absolute Gasteiger partial charge is 0.275 e. The zero-order valence-electron chi connectivity index (χ0n) is 30.8. The zero-order chi connectivity index (χ0) is 35.7. The van der Waals surface area contributed by atoms with Crippen molar-refractivity contribution in [3.63, 3.8) is 0 Å². The predicted octanol–water partition coefficient (Wildman–Crippen LogP) is 9.94. The molecule has 5 rings (SSSR count). The Morgan fingerprint density at radius 1 is 0.784 bits per heavy atom. The Hall–Kier alpha value is -3.69. The van der Waals surface area contributed by atoms with E-state index < -0.39 is 6.29 Å². The van der Waals surface area contributed by atoms with Crippen molar-refractivity contribution in [2.75, 3.05) is 25.0 Å². The highest BCUT2D eigenvalue weighted by molar-refractivity contribution is 6.03. The van der Waals surface area contributed by atoms with Gasteiger partial charge in [0.25, 0.3) is 5.91 Å². The molecule has 1 aromatic heterocycles. The normalized spacial score (nSPS) is 17.6. The van der Waals surface area contributed by atoms with Gasteiger partial charge in [0, 0.05) is 24.2 Å². The molecule has 1 aliphatic heterocycles. The molecule has 3 aromatic carbocycles. The molecule has 1 amide bonds. The first-order valence-electron chi connectivity index (χ1n) is 19.4. The largest absolute Gasteiger partial charge is 0.392 e. The van der Waals surface area contributed by atoms with Gasteiger partial charge in [0.2, 0.25) is 0 Å². The number of ether oxygens (including phenoxy) is 2. The maximum atomic E-state index is 13.2. The first kappa shape index (κ1) is 38.5. The van der Waals surface area contributed by atoms with Gasteiger partial charge in [0.15, 0.2) is 6.29 Å².